The molecular formula is C12H11FN2OS. The van der Waals surface area contributed by atoms with Gasteiger partial charge >= 0.3 is 0 Å². The van der Waals surface area contributed by atoms with Crippen molar-refractivity contribution in [3.8, 4) is 0 Å². The molecule has 3 nitrogen and oxygen atoms in total. The van der Waals surface area contributed by atoms with E-state index in [1.54, 1.807) is 30.2 Å². The molecule has 0 saturated heterocycles. The number of aromatic nitrogens is 2. The van der Waals surface area contributed by atoms with Gasteiger partial charge in [0.15, 0.2) is 0 Å². The molecule has 0 spiro atoms. The number of fused-ring (bicyclic) bond motifs is 1. The largest absolute Gasteiger partial charge is 0.387 e. The van der Waals surface area contributed by atoms with Crippen molar-refractivity contribution in [1.82, 2.24) is 9.97 Å². The van der Waals surface area contributed by atoms with Gasteiger partial charge in [0.2, 0.25) is 0 Å². The van der Waals surface area contributed by atoms with Gasteiger partial charge in [0.1, 0.15) is 11.6 Å². The zero-order chi connectivity index (χ0) is 11.8. The highest BCUT2D eigenvalue weighted by Gasteiger charge is 2.32. The summed E-state index contributed by atoms with van der Waals surface area (Å²) in [7, 11) is 0. The van der Waals surface area contributed by atoms with Gasteiger partial charge in [-0.3, -0.25) is 0 Å². The topological polar surface area (TPSA) is 48.9 Å². The van der Waals surface area contributed by atoms with Crippen molar-refractivity contribution in [2.45, 2.75) is 22.7 Å². The molecule has 2 aromatic rings. The summed E-state index contributed by atoms with van der Waals surface area (Å²) in [4.78, 5) is 8.11. The molecule has 1 aliphatic rings. The summed E-state index contributed by atoms with van der Waals surface area (Å²) >= 11 is 1.57. The van der Waals surface area contributed by atoms with Crippen molar-refractivity contribution in [1.29, 1.82) is 0 Å². The third kappa shape index (κ3) is 1.96. The Morgan fingerprint density at radius 1 is 1.47 bits per heavy atom. The van der Waals surface area contributed by atoms with E-state index >= 15 is 0 Å². The third-order valence-corrected chi connectivity index (χ3v) is 4.22. The monoisotopic (exact) mass is 250 g/mol. The van der Waals surface area contributed by atoms with Crippen molar-refractivity contribution in [3.63, 3.8) is 0 Å². The van der Waals surface area contributed by atoms with Crippen molar-refractivity contribution in [3.05, 3.63) is 47.8 Å². The Hall–Kier alpha value is -1.33. The maximum atomic E-state index is 13.1. The lowest BCUT2D eigenvalue weighted by atomic mass is 10.0. The molecule has 5 heteroatoms. The number of nitrogens with zero attached hydrogens (tertiary/aromatic N) is 1. The number of H-pyrrole nitrogens is 1. The Morgan fingerprint density at radius 2 is 2.35 bits per heavy atom. The predicted molar refractivity (Wildman–Crippen MR) is 63.3 cm³/mol. The van der Waals surface area contributed by atoms with Crippen LogP contribution in [0.5, 0.6) is 0 Å². The minimum Gasteiger partial charge on any atom is -0.387 e. The fourth-order valence-corrected chi connectivity index (χ4v) is 3.34. The molecule has 1 aliphatic heterocycles. The van der Waals surface area contributed by atoms with Crippen LogP contribution in [0.1, 0.15) is 17.5 Å². The number of halogens is 1. The lowest BCUT2D eigenvalue weighted by Gasteiger charge is -2.12. The second-order valence-corrected chi connectivity index (χ2v) is 5.30. The van der Waals surface area contributed by atoms with E-state index in [0.717, 1.165) is 10.7 Å². The summed E-state index contributed by atoms with van der Waals surface area (Å²) in [6, 6.07) is 4.56. The summed E-state index contributed by atoms with van der Waals surface area (Å²) in [6.07, 6.45) is 3.47. The molecule has 1 aromatic heterocycles. The van der Waals surface area contributed by atoms with Gasteiger partial charge in [0.25, 0.3) is 0 Å². The van der Waals surface area contributed by atoms with Crippen LogP contribution in [0.25, 0.3) is 0 Å². The van der Waals surface area contributed by atoms with Crippen molar-refractivity contribution in [2.75, 3.05) is 0 Å². The average Bonchev–Trinajstić information content (AvgIpc) is 2.91. The standard InChI is InChI=1S/C12H11FN2OS/c13-7-1-2-9-8(5-7)12(16)10(17-9)6-11-14-3-4-15-11/h1-5,10,12,16H,6H2,(H,14,15). The molecule has 0 radical (unpaired) electrons. The smallest absolute Gasteiger partial charge is 0.123 e. The van der Waals surface area contributed by atoms with Crippen LogP contribution < -0.4 is 0 Å². The third-order valence-electron chi connectivity index (χ3n) is 2.87. The highest BCUT2D eigenvalue weighted by atomic mass is 32.2. The van der Waals surface area contributed by atoms with Crippen molar-refractivity contribution >= 4 is 11.8 Å². The number of benzene rings is 1. The van der Waals surface area contributed by atoms with Crippen LogP contribution >= 0.6 is 11.8 Å². The first-order valence-electron chi connectivity index (χ1n) is 5.36. The van der Waals surface area contributed by atoms with Gasteiger partial charge in [-0.25, -0.2) is 9.37 Å². The van der Waals surface area contributed by atoms with E-state index in [-0.39, 0.29) is 11.1 Å². The Kier molecular flexibility index (Phi) is 2.64. The summed E-state index contributed by atoms with van der Waals surface area (Å²) in [5, 5.41) is 10.1. The number of rotatable bonds is 2. The highest BCUT2D eigenvalue weighted by Crippen LogP contribution is 2.45. The Labute approximate surface area is 102 Å². The van der Waals surface area contributed by atoms with Crippen molar-refractivity contribution < 1.29 is 9.50 Å². The second-order valence-electron chi connectivity index (χ2n) is 4.02. The Balaban J connectivity index is 1.84. The summed E-state index contributed by atoms with van der Waals surface area (Å²) in [6.45, 7) is 0. The van der Waals surface area contributed by atoms with E-state index in [0.29, 0.717) is 12.0 Å². The predicted octanol–water partition coefficient (Wildman–Crippen LogP) is 2.30. The number of thioether (sulfide) groups is 1. The Bertz CT molecular complexity index is 529. The van der Waals surface area contributed by atoms with E-state index in [1.807, 2.05) is 0 Å². The van der Waals surface area contributed by atoms with Crippen LogP contribution in [0, 0.1) is 5.82 Å². The van der Waals surface area contributed by atoms with Crippen LogP contribution in [-0.2, 0) is 6.42 Å². The van der Waals surface area contributed by atoms with Gasteiger partial charge in [-0.2, -0.15) is 0 Å². The molecule has 2 unspecified atom stereocenters. The van der Waals surface area contributed by atoms with Crippen LogP contribution in [0.2, 0.25) is 0 Å². The van der Waals surface area contributed by atoms with Crippen LogP contribution in [0.3, 0.4) is 0 Å². The molecule has 0 fully saturated rings. The fourth-order valence-electron chi connectivity index (χ4n) is 2.04. The van der Waals surface area contributed by atoms with Gasteiger partial charge < -0.3 is 10.1 Å². The molecule has 0 saturated carbocycles. The molecular weight excluding hydrogens is 239 g/mol. The minimum absolute atomic E-state index is 0.00190. The Morgan fingerprint density at radius 3 is 3.12 bits per heavy atom. The van der Waals surface area contributed by atoms with Gasteiger partial charge in [-0.1, -0.05) is 0 Å². The lowest BCUT2D eigenvalue weighted by molar-refractivity contribution is 0.175. The maximum absolute atomic E-state index is 13.1. The number of aliphatic hydroxyl groups excluding tert-OH is 1. The van der Waals surface area contributed by atoms with Crippen LogP contribution in [0.4, 0.5) is 4.39 Å². The zero-order valence-corrected chi connectivity index (χ0v) is 9.75. The van der Waals surface area contributed by atoms with Crippen LogP contribution in [0.15, 0.2) is 35.5 Å². The second kappa shape index (κ2) is 4.16. The number of aliphatic hydroxyl groups is 1. The van der Waals surface area contributed by atoms with Gasteiger partial charge in [-0.15, -0.1) is 11.8 Å². The molecule has 0 amide bonds. The molecule has 2 N–H and O–H groups in total. The van der Waals surface area contributed by atoms with Gasteiger partial charge in [0.05, 0.1) is 6.10 Å². The zero-order valence-electron chi connectivity index (χ0n) is 8.93. The highest BCUT2D eigenvalue weighted by molar-refractivity contribution is 8.00. The van der Waals surface area contributed by atoms with Crippen LogP contribution in [-0.4, -0.2) is 20.3 Å². The number of imidazole rings is 1. The first kappa shape index (κ1) is 10.8. The molecule has 2 heterocycles. The van der Waals surface area contributed by atoms with E-state index in [9.17, 15) is 9.50 Å². The van der Waals surface area contributed by atoms with Gasteiger partial charge in [0, 0.05) is 29.0 Å². The first-order chi connectivity index (χ1) is 8.24. The fraction of sp³-hybridized carbons (Fsp3) is 0.250. The number of aromatic amines is 1. The maximum Gasteiger partial charge on any atom is 0.123 e. The summed E-state index contributed by atoms with van der Waals surface area (Å²) in [5.74, 6) is 0.539. The number of nitrogens with one attached hydrogen (secondary N) is 1. The van der Waals surface area contributed by atoms with Gasteiger partial charge in [-0.05, 0) is 23.8 Å². The van der Waals surface area contributed by atoms with Crippen molar-refractivity contribution in [2.24, 2.45) is 0 Å². The SMILES string of the molecule is OC1c2cc(F)ccc2SC1Cc1ncc[nH]1. The average molecular weight is 250 g/mol. The normalized spacial score (nSPS) is 22.7. The minimum atomic E-state index is -0.629. The molecule has 1 aromatic carbocycles. The quantitative estimate of drug-likeness (QED) is 0.859. The van der Waals surface area contributed by atoms with E-state index in [2.05, 4.69) is 9.97 Å². The number of hydrogen-bond donors (Lipinski definition) is 2. The molecule has 88 valence electrons. The summed E-state index contributed by atoms with van der Waals surface area (Å²) < 4.78 is 13.1. The lowest BCUT2D eigenvalue weighted by Crippen LogP contribution is -2.13. The van der Waals surface area contributed by atoms with E-state index < -0.39 is 6.10 Å². The van der Waals surface area contributed by atoms with E-state index in [4.69, 9.17) is 0 Å². The number of hydrogen-bond acceptors (Lipinski definition) is 3. The summed E-state index contributed by atoms with van der Waals surface area (Å²) in [5.41, 5.74) is 0.687. The molecule has 2 atom stereocenters. The molecule has 3 rings (SSSR count). The van der Waals surface area contributed by atoms with E-state index in [1.165, 1.54) is 12.1 Å². The molecule has 17 heavy (non-hydrogen) atoms. The first-order valence-corrected chi connectivity index (χ1v) is 6.24. The molecule has 0 bridgehead atoms. The molecule has 0 aliphatic carbocycles.